The second-order valence-electron chi connectivity index (χ2n) is 5.70. The summed E-state index contributed by atoms with van der Waals surface area (Å²) in [5, 5.41) is 2.72. The van der Waals surface area contributed by atoms with Gasteiger partial charge in [0.2, 0.25) is 5.91 Å². The number of carbonyl (C=O) groups is 1. The van der Waals surface area contributed by atoms with E-state index in [0.717, 1.165) is 6.42 Å². The molecule has 1 aromatic carbocycles. The highest BCUT2D eigenvalue weighted by Crippen LogP contribution is 2.29. The molecule has 0 spiro atoms. The molecule has 1 aromatic rings. The van der Waals surface area contributed by atoms with E-state index in [0.29, 0.717) is 24.2 Å². The molecule has 106 valence electrons. The number of carbonyl (C=O) groups excluding carboxylic acids is 1. The molecule has 0 aromatic heterocycles. The Balaban J connectivity index is 2.88. The highest BCUT2D eigenvalue weighted by Gasteiger charge is 2.19. The van der Waals surface area contributed by atoms with Gasteiger partial charge in [-0.15, -0.1) is 0 Å². The molecular formula is C17H27NO. The number of amides is 1. The maximum absolute atomic E-state index is 11.6. The minimum atomic E-state index is 0.115. The Kier molecular flexibility index (Phi) is 6.07. The molecule has 2 heteroatoms. The van der Waals surface area contributed by atoms with Crippen LogP contribution in [0.3, 0.4) is 0 Å². The van der Waals surface area contributed by atoms with Crippen LogP contribution in [0.4, 0.5) is 0 Å². The van der Waals surface area contributed by atoms with E-state index >= 15 is 0 Å². The van der Waals surface area contributed by atoms with Gasteiger partial charge in [-0.25, -0.2) is 0 Å². The molecule has 0 saturated heterocycles. The van der Waals surface area contributed by atoms with Crippen LogP contribution in [0.25, 0.3) is 0 Å². The van der Waals surface area contributed by atoms with Crippen molar-refractivity contribution in [3.8, 4) is 0 Å². The lowest BCUT2D eigenvalue weighted by molar-refractivity contribution is -0.121. The summed E-state index contributed by atoms with van der Waals surface area (Å²) in [5.41, 5.74) is 2.65. The van der Waals surface area contributed by atoms with Crippen LogP contribution in [-0.2, 0) is 4.79 Å². The first-order chi connectivity index (χ1) is 8.99. The Hall–Kier alpha value is -1.31. The number of hydrogen-bond acceptors (Lipinski definition) is 1. The molecule has 0 bridgehead atoms. The Morgan fingerprint density at radius 1 is 1.11 bits per heavy atom. The van der Waals surface area contributed by atoms with E-state index in [1.807, 2.05) is 0 Å². The van der Waals surface area contributed by atoms with Crippen molar-refractivity contribution in [1.29, 1.82) is 0 Å². The average Bonchev–Trinajstić information content (AvgIpc) is 2.43. The summed E-state index contributed by atoms with van der Waals surface area (Å²) in [7, 11) is 1.70. The quantitative estimate of drug-likeness (QED) is 0.821. The van der Waals surface area contributed by atoms with Crippen molar-refractivity contribution < 1.29 is 4.79 Å². The number of benzene rings is 1. The fourth-order valence-corrected chi connectivity index (χ4v) is 2.35. The van der Waals surface area contributed by atoms with Gasteiger partial charge in [0.25, 0.3) is 0 Å². The van der Waals surface area contributed by atoms with E-state index in [-0.39, 0.29) is 5.91 Å². The molecule has 0 aliphatic heterocycles. The molecule has 2 nitrogen and oxygen atoms in total. The van der Waals surface area contributed by atoms with Crippen LogP contribution in [0.1, 0.15) is 63.5 Å². The molecular weight excluding hydrogens is 234 g/mol. The molecule has 1 amide bonds. The molecule has 0 radical (unpaired) electrons. The van der Waals surface area contributed by atoms with Crippen LogP contribution < -0.4 is 5.32 Å². The summed E-state index contributed by atoms with van der Waals surface area (Å²) < 4.78 is 0. The van der Waals surface area contributed by atoms with Gasteiger partial charge in [-0.2, -0.15) is 0 Å². The van der Waals surface area contributed by atoms with Gasteiger partial charge in [0, 0.05) is 13.5 Å². The first kappa shape index (κ1) is 15.7. The summed E-state index contributed by atoms with van der Waals surface area (Å²) in [6.45, 7) is 8.81. The van der Waals surface area contributed by atoms with Gasteiger partial charge < -0.3 is 5.32 Å². The fourth-order valence-electron chi connectivity index (χ4n) is 2.35. The Morgan fingerprint density at radius 3 is 2.05 bits per heavy atom. The lowest BCUT2D eigenvalue weighted by Crippen LogP contribution is -2.22. The summed E-state index contributed by atoms with van der Waals surface area (Å²) in [6, 6.07) is 8.80. The van der Waals surface area contributed by atoms with E-state index in [2.05, 4.69) is 57.3 Å². The molecule has 2 atom stereocenters. The summed E-state index contributed by atoms with van der Waals surface area (Å²) >= 11 is 0. The van der Waals surface area contributed by atoms with Crippen molar-refractivity contribution in [2.75, 3.05) is 7.05 Å². The molecule has 0 fully saturated rings. The highest BCUT2D eigenvalue weighted by molar-refractivity contribution is 5.76. The molecule has 0 aliphatic carbocycles. The smallest absolute Gasteiger partial charge is 0.220 e. The molecule has 0 saturated carbocycles. The van der Waals surface area contributed by atoms with Crippen molar-refractivity contribution in [2.24, 2.45) is 5.92 Å². The zero-order valence-electron chi connectivity index (χ0n) is 12.9. The molecule has 1 N–H and O–H groups in total. The zero-order valence-corrected chi connectivity index (χ0v) is 12.9. The molecule has 0 aliphatic rings. The zero-order chi connectivity index (χ0) is 14.4. The fraction of sp³-hybridized carbons (Fsp3) is 0.588. The SMILES string of the molecule is CCC(C)c1ccc(C(CC(=O)NC)C(C)C)cc1. The van der Waals surface area contributed by atoms with E-state index in [4.69, 9.17) is 0 Å². The Morgan fingerprint density at radius 2 is 1.63 bits per heavy atom. The van der Waals surface area contributed by atoms with Gasteiger partial charge in [-0.05, 0) is 35.3 Å². The minimum Gasteiger partial charge on any atom is -0.359 e. The first-order valence-corrected chi connectivity index (χ1v) is 7.30. The molecule has 2 unspecified atom stereocenters. The van der Waals surface area contributed by atoms with Gasteiger partial charge in [0.1, 0.15) is 0 Å². The van der Waals surface area contributed by atoms with Crippen molar-refractivity contribution in [1.82, 2.24) is 5.32 Å². The van der Waals surface area contributed by atoms with Crippen molar-refractivity contribution in [3.63, 3.8) is 0 Å². The van der Waals surface area contributed by atoms with Gasteiger partial charge in [-0.1, -0.05) is 52.0 Å². The second kappa shape index (κ2) is 7.32. The summed E-state index contributed by atoms with van der Waals surface area (Å²) in [5.74, 6) is 1.48. The van der Waals surface area contributed by atoms with Crippen LogP contribution in [0.15, 0.2) is 24.3 Å². The third kappa shape index (κ3) is 4.38. The lowest BCUT2D eigenvalue weighted by atomic mass is 9.84. The molecule has 19 heavy (non-hydrogen) atoms. The predicted octanol–water partition coefficient (Wildman–Crippen LogP) is 4.08. The summed E-state index contributed by atoms with van der Waals surface area (Å²) in [4.78, 5) is 11.6. The number of nitrogens with one attached hydrogen (secondary N) is 1. The van der Waals surface area contributed by atoms with Crippen molar-refractivity contribution in [3.05, 3.63) is 35.4 Å². The van der Waals surface area contributed by atoms with Crippen LogP contribution in [0, 0.1) is 5.92 Å². The topological polar surface area (TPSA) is 29.1 Å². The minimum absolute atomic E-state index is 0.115. The third-order valence-corrected chi connectivity index (χ3v) is 4.03. The maximum Gasteiger partial charge on any atom is 0.220 e. The van der Waals surface area contributed by atoms with Crippen molar-refractivity contribution in [2.45, 2.75) is 52.4 Å². The van der Waals surface area contributed by atoms with E-state index in [1.165, 1.54) is 11.1 Å². The lowest BCUT2D eigenvalue weighted by Gasteiger charge is -2.21. The average molecular weight is 261 g/mol. The van der Waals surface area contributed by atoms with Crippen LogP contribution in [0.2, 0.25) is 0 Å². The van der Waals surface area contributed by atoms with Gasteiger partial charge >= 0.3 is 0 Å². The summed E-state index contributed by atoms with van der Waals surface area (Å²) in [6.07, 6.45) is 1.72. The number of rotatable bonds is 6. The third-order valence-electron chi connectivity index (χ3n) is 4.03. The largest absolute Gasteiger partial charge is 0.359 e. The van der Waals surface area contributed by atoms with Crippen LogP contribution in [-0.4, -0.2) is 13.0 Å². The van der Waals surface area contributed by atoms with Crippen LogP contribution in [0.5, 0.6) is 0 Å². The Labute approximate surface area is 117 Å². The standard InChI is InChI=1S/C17H27NO/c1-6-13(4)14-7-9-15(10-8-14)16(12(2)3)11-17(19)18-5/h7-10,12-13,16H,6,11H2,1-5H3,(H,18,19). The maximum atomic E-state index is 11.6. The van der Waals surface area contributed by atoms with E-state index in [9.17, 15) is 4.79 Å². The van der Waals surface area contributed by atoms with Gasteiger partial charge in [-0.3, -0.25) is 4.79 Å². The highest BCUT2D eigenvalue weighted by atomic mass is 16.1. The van der Waals surface area contributed by atoms with Crippen molar-refractivity contribution >= 4 is 5.91 Å². The molecule has 0 heterocycles. The van der Waals surface area contributed by atoms with E-state index < -0.39 is 0 Å². The van der Waals surface area contributed by atoms with Gasteiger partial charge in [0.05, 0.1) is 0 Å². The van der Waals surface area contributed by atoms with Gasteiger partial charge in [0.15, 0.2) is 0 Å². The monoisotopic (exact) mass is 261 g/mol. The normalized spacial score (nSPS) is 14.2. The first-order valence-electron chi connectivity index (χ1n) is 7.30. The van der Waals surface area contributed by atoms with E-state index in [1.54, 1.807) is 7.05 Å². The Bertz CT molecular complexity index is 394. The second-order valence-corrected chi connectivity index (χ2v) is 5.70. The molecule has 1 rings (SSSR count). The predicted molar refractivity (Wildman–Crippen MR) is 81.4 cm³/mol. The number of hydrogen-bond donors (Lipinski definition) is 1. The van der Waals surface area contributed by atoms with Crippen LogP contribution >= 0.6 is 0 Å².